The summed E-state index contributed by atoms with van der Waals surface area (Å²) in [6.45, 7) is 1.85. The number of thiazole rings is 1. The van der Waals surface area contributed by atoms with Gasteiger partial charge in [-0.05, 0) is 32.4 Å². The quantitative estimate of drug-likeness (QED) is 0.848. The first-order valence-corrected chi connectivity index (χ1v) is 6.47. The van der Waals surface area contributed by atoms with Crippen LogP contribution in [0.4, 0.5) is 0 Å². The van der Waals surface area contributed by atoms with Gasteiger partial charge >= 0.3 is 0 Å². The molecule has 0 spiro atoms. The molecule has 0 bridgehead atoms. The molecule has 1 fully saturated rings. The molecule has 4 heteroatoms. The van der Waals surface area contributed by atoms with Crippen molar-refractivity contribution < 1.29 is 0 Å². The van der Waals surface area contributed by atoms with Gasteiger partial charge in [-0.1, -0.05) is 6.42 Å². The molecule has 2 rings (SSSR count). The van der Waals surface area contributed by atoms with Crippen molar-refractivity contribution in [3.63, 3.8) is 0 Å². The summed E-state index contributed by atoms with van der Waals surface area (Å²) in [5, 5.41) is 0. The van der Waals surface area contributed by atoms with Crippen LogP contribution in [0.2, 0.25) is 0 Å². The molecule has 1 aromatic rings. The first kappa shape index (κ1) is 11.0. The van der Waals surface area contributed by atoms with Crippen LogP contribution in [0.5, 0.6) is 0 Å². The Morgan fingerprint density at radius 3 is 3.13 bits per heavy atom. The second-order valence-electron chi connectivity index (χ2n) is 4.38. The van der Waals surface area contributed by atoms with Gasteiger partial charge in [-0.15, -0.1) is 11.3 Å². The van der Waals surface area contributed by atoms with Gasteiger partial charge in [-0.25, -0.2) is 0 Å². The maximum atomic E-state index is 5.80. The van der Waals surface area contributed by atoms with Crippen LogP contribution in [0.3, 0.4) is 0 Å². The zero-order valence-electron chi connectivity index (χ0n) is 9.22. The minimum Gasteiger partial charge on any atom is -0.330 e. The van der Waals surface area contributed by atoms with Gasteiger partial charge in [0.05, 0.1) is 5.51 Å². The standard InChI is InChI=1S/C11H19N3S/c1-14(7-10-6-13-8-15-10)11-4-2-3-9(11)5-12/h6,8-9,11H,2-5,7,12H2,1H3. The van der Waals surface area contributed by atoms with E-state index in [1.54, 1.807) is 11.3 Å². The molecule has 0 radical (unpaired) electrons. The van der Waals surface area contributed by atoms with E-state index in [2.05, 4.69) is 16.9 Å². The fourth-order valence-corrected chi connectivity index (χ4v) is 3.21. The maximum Gasteiger partial charge on any atom is 0.0794 e. The molecule has 15 heavy (non-hydrogen) atoms. The summed E-state index contributed by atoms with van der Waals surface area (Å²) in [5.74, 6) is 0.697. The Bertz CT molecular complexity index is 286. The predicted octanol–water partition coefficient (Wildman–Crippen LogP) is 1.70. The molecule has 3 nitrogen and oxygen atoms in total. The Labute approximate surface area is 95.3 Å². The Hall–Kier alpha value is -0.450. The molecule has 2 unspecified atom stereocenters. The molecule has 1 aliphatic rings. The van der Waals surface area contributed by atoms with Gasteiger partial charge in [0.1, 0.15) is 0 Å². The largest absolute Gasteiger partial charge is 0.330 e. The van der Waals surface area contributed by atoms with Gasteiger partial charge < -0.3 is 5.73 Å². The van der Waals surface area contributed by atoms with Crippen molar-refractivity contribution >= 4 is 11.3 Å². The van der Waals surface area contributed by atoms with E-state index in [-0.39, 0.29) is 0 Å². The van der Waals surface area contributed by atoms with E-state index >= 15 is 0 Å². The topological polar surface area (TPSA) is 42.2 Å². The Kier molecular flexibility index (Phi) is 3.72. The Morgan fingerprint density at radius 2 is 2.47 bits per heavy atom. The van der Waals surface area contributed by atoms with Crippen molar-refractivity contribution in [3.8, 4) is 0 Å². The fraction of sp³-hybridized carbons (Fsp3) is 0.727. The van der Waals surface area contributed by atoms with E-state index in [1.807, 2.05) is 11.7 Å². The highest BCUT2D eigenvalue weighted by atomic mass is 32.1. The average Bonchev–Trinajstić information content (AvgIpc) is 2.86. The number of hydrogen-bond donors (Lipinski definition) is 1. The Balaban J connectivity index is 1.92. The van der Waals surface area contributed by atoms with E-state index in [9.17, 15) is 0 Å². The van der Waals surface area contributed by atoms with E-state index < -0.39 is 0 Å². The van der Waals surface area contributed by atoms with Gasteiger partial charge in [-0.3, -0.25) is 9.88 Å². The molecule has 2 N–H and O–H groups in total. The fourth-order valence-electron chi connectivity index (χ4n) is 2.56. The number of nitrogens with zero attached hydrogens (tertiary/aromatic N) is 2. The van der Waals surface area contributed by atoms with Crippen molar-refractivity contribution in [2.45, 2.75) is 31.8 Å². The van der Waals surface area contributed by atoms with Crippen LogP contribution in [0, 0.1) is 5.92 Å². The van der Waals surface area contributed by atoms with Crippen LogP contribution in [-0.4, -0.2) is 29.5 Å². The minimum absolute atomic E-state index is 0.678. The lowest BCUT2D eigenvalue weighted by atomic mass is 10.0. The molecule has 0 aromatic carbocycles. The van der Waals surface area contributed by atoms with Crippen molar-refractivity contribution in [1.82, 2.24) is 9.88 Å². The number of hydrogen-bond acceptors (Lipinski definition) is 4. The van der Waals surface area contributed by atoms with E-state index in [0.717, 1.165) is 13.1 Å². The first-order chi connectivity index (χ1) is 7.31. The molecule has 2 atom stereocenters. The van der Waals surface area contributed by atoms with Gasteiger partial charge in [0.25, 0.3) is 0 Å². The molecule has 1 aliphatic carbocycles. The monoisotopic (exact) mass is 225 g/mol. The van der Waals surface area contributed by atoms with Crippen LogP contribution < -0.4 is 5.73 Å². The molecule has 84 valence electrons. The summed E-state index contributed by atoms with van der Waals surface area (Å²) in [6.07, 6.45) is 5.90. The Morgan fingerprint density at radius 1 is 1.60 bits per heavy atom. The van der Waals surface area contributed by atoms with Crippen molar-refractivity contribution in [3.05, 3.63) is 16.6 Å². The summed E-state index contributed by atoms with van der Waals surface area (Å²) in [7, 11) is 2.21. The molecule has 0 aliphatic heterocycles. The normalized spacial score (nSPS) is 26.3. The first-order valence-electron chi connectivity index (χ1n) is 5.59. The minimum atomic E-state index is 0.678. The zero-order chi connectivity index (χ0) is 10.7. The lowest BCUT2D eigenvalue weighted by Crippen LogP contribution is -2.37. The molecule has 0 saturated heterocycles. The van der Waals surface area contributed by atoms with E-state index in [0.29, 0.717) is 12.0 Å². The summed E-state index contributed by atoms with van der Waals surface area (Å²) in [4.78, 5) is 7.90. The number of rotatable bonds is 4. The van der Waals surface area contributed by atoms with Crippen LogP contribution in [0.1, 0.15) is 24.1 Å². The predicted molar refractivity (Wildman–Crippen MR) is 63.8 cm³/mol. The third-order valence-electron chi connectivity index (χ3n) is 3.38. The van der Waals surface area contributed by atoms with Crippen LogP contribution in [0.15, 0.2) is 11.7 Å². The highest BCUT2D eigenvalue weighted by molar-refractivity contribution is 7.09. The van der Waals surface area contributed by atoms with Crippen molar-refractivity contribution in [2.24, 2.45) is 11.7 Å². The van der Waals surface area contributed by atoms with Crippen molar-refractivity contribution in [2.75, 3.05) is 13.6 Å². The molecule has 0 amide bonds. The summed E-state index contributed by atoms with van der Waals surface area (Å²) < 4.78 is 0. The summed E-state index contributed by atoms with van der Waals surface area (Å²) in [6, 6.07) is 0.678. The highest BCUT2D eigenvalue weighted by Gasteiger charge is 2.29. The average molecular weight is 225 g/mol. The molecule has 1 saturated carbocycles. The van der Waals surface area contributed by atoms with Crippen LogP contribution in [0.25, 0.3) is 0 Å². The van der Waals surface area contributed by atoms with Crippen molar-refractivity contribution in [1.29, 1.82) is 0 Å². The number of aromatic nitrogens is 1. The molecular formula is C11H19N3S. The third-order valence-corrected chi connectivity index (χ3v) is 4.14. The lowest BCUT2D eigenvalue weighted by Gasteiger charge is -2.28. The maximum absolute atomic E-state index is 5.80. The smallest absolute Gasteiger partial charge is 0.0794 e. The van der Waals surface area contributed by atoms with Gasteiger partial charge in [0, 0.05) is 23.7 Å². The second kappa shape index (κ2) is 5.05. The second-order valence-corrected chi connectivity index (χ2v) is 5.35. The SMILES string of the molecule is CN(Cc1cncs1)C1CCCC1CN. The molecule has 1 aromatic heterocycles. The molecule has 1 heterocycles. The summed E-state index contributed by atoms with van der Waals surface area (Å²) >= 11 is 1.73. The lowest BCUT2D eigenvalue weighted by molar-refractivity contribution is 0.194. The van der Waals surface area contributed by atoms with Gasteiger partial charge in [0.2, 0.25) is 0 Å². The van der Waals surface area contributed by atoms with Crippen LogP contribution >= 0.6 is 11.3 Å². The summed E-state index contributed by atoms with van der Waals surface area (Å²) in [5.41, 5.74) is 7.70. The third kappa shape index (κ3) is 2.56. The van der Waals surface area contributed by atoms with Crippen LogP contribution in [-0.2, 0) is 6.54 Å². The highest BCUT2D eigenvalue weighted by Crippen LogP contribution is 2.29. The zero-order valence-corrected chi connectivity index (χ0v) is 10.0. The molecular weight excluding hydrogens is 206 g/mol. The van der Waals surface area contributed by atoms with E-state index in [4.69, 9.17) is 5.73 Å². The van der Waals surface area contributed by atoms with Gasteiger partial charge in [0.15, 0.2) is 0 Å². The van der Waals surface area contributed by atoms with E-state index in [1.165, 1.54) is 24.1 Å². The number of nitrogens with two attached hydrogens (primary N) is 1. The van der Waals surface area contributed by atoms with Gasteiger partial charge in [-0.2, -0.15) is 0 Å².